The zero-order valence-electron chi connectivity index (χ0n) is 9.60. The fourth-order valence-corrected chi connectivity index (χ4v) is 1.47. The number of nitrogens with two attached hydrogens (primary N) is 1. The molecule has 1 aromatic heterocycles. The minimum absolute atomic E-state index is 0.523. The zero-order valence-corrected chi connectivity index (χ0v) is 9.60. The zero-order chi connectivity index (χ0) is 11.5. The third-order valence-corrected chi connectivity index (χ3v) is 2.26. The summed E-state index contributed by atoms with van der Waals surface area (Å²) in [6, 6.07) is 7.78. The number of nitrogens with zero attached hydrogens (tertiary/aromatic N) is 1. The first-order valence-electron chi connectivity index (χ1n) is 5.43. The summed E-state index contributed by atoms with van der Waals surface area (Å²) in [7, 11) is 0. The van der Waals surface area contributed by atoms with Gasteiger partial charge in [-0.25, -0.2) is 0 Å². The van der Waals surface area contributed by atoms with E-state index in [9.17, 15) is 0 Å². The number of rotatable bonds is 3. The Hall–Kier alpha value is -1.77. The first-order valence-corrected chi connectivity index (χ1v) is 5.43. The molecule has 0 aliphatic heterocycles. The highest BCUT2D eigenvalue weighted by atomic mass is 16.5. The summed E-state index contributed by atoms with van der Waals surface area (Å²) >= 11 is 0. The van der Waals surface area contributed by atoms with E-state index >= 15 is 0 Å². The van der Waals surface area contributed by atoms with Gasteiger partial charge >= 0.3 is 0 Å². The predicted octanol–water partition coefficient (Wildman–Crippen LogP) is 2.85. The van der Waals surface area contributed by atoms with Crippen LogP contribution in [0.25, 0.3) is 10.9 Å². The van der Waals surface area contributed by atoms with Crippen molar-refractivity contribution >= 4 is 16.6 Å². The number of fused-ring (bicyclic) bond motifs is 1. The standard InChI is InChI=1S/C13H16N2O/c1-9(2)8-16-12-4-3-10-5-11(14)7-15-13(10)6-12/h3-7,9H,8,14H2,1-2H3. The van der Waals surface area contributed by atoms with Crippen LogP contribution in [0.3, 0.4) is 0 Å². The Labute approximate surface area is 95.2 Å². The van der Waals surface area contributed by atoms with Crippen LogP contribution in [-0.4, -0.2) is 11.6 Å². The van der Waals surface area contributed by atoms with E-state index in [1.165, 1.54) is 0 Å². The maximum absolute atomic E-state index is 5.67. The van der Waals surface area contributed by atoms with Gasteiger partial charge in [-0.3, -0.25) is 4.98 Å². The van der Waals surface area contributed by atoms with Gasteiger partial charge in [-0.15, -0.1) is 0 Å². The molecule has 0 aliphatic carbocycles. The second kappa shape index (κ2) is 4.39. The molecule has 0 bridgehead atoms. The molecule has 0 aliphatic rings. The van der Waals surface area contributed by atoms with Gasteiger partial charge in [0.1, 0.15) is 5.75 Å². The molecule has 2 aromatic rings. The van der Waals surface area contributed by atoms with Crippen molar-refractivity contribution in [3.8, 4) is 5.75 Å². The van der Waals surface area contributed by atoms with Crippen LogP contribution in [0, 0.1) is 5.92 Å². The molecular weight excluding hydrogens is 200 g/mol. The molecule has 0 spiro atoms. The van der Waals surface area contributed by atoms with Gasteiger partial charge in [0, 0.05) is 11.5 Å². The maximum Gasteiger partial charge on any atom is 0.121 e. The van der Waals surface area contributed by atoms with Crippen LogP contribution in [0.4, 0.5) is 5.69 Å². The van der Waals surface area contributed by atoms with Crippen molar-refractivity contribution in [2.45, 2.75) is 13.8 Å². The Morgan fingerprint density at radius 3 is 2.88 bits per heavy atom. The van der Waals surface area contributed by atoms with Crippen LogP contribution in [0.2, 0.25) is 0 Å². The Morgan fingerprint density at radius 2 is 2.12 bits per heavy atom. The molecule has 1 heterocycles. The number of nitrogen functional groups attached to an aromatic ring is 1. The number of benzene rings is 1. The Balaban J connectivity index is 2.26. The highest BCUT2D eigenvalue weighted by Gasteiger charge is 2.00. The molecular formula is C13H16N2O. The average Bonchev–Trinajstić information content (AvgIpc) is 2.26. The van der Waals surface area contributed by atoms with Crippen molar-refractivity contribution in [2.75, 3.05) is 12.3 Å². The van der Waals surface area contributed by atoms with Crippen molar-refractivity contribution in [3.63, 3.8) is 0 Å². The van der Waals surface area contributed by atoms with Gasteiger partial charge < -0.3 is 10.5 Å². The summed E-state index contributed by atoms with van der Waals surface area (Å²) in [5, 5.41) is 1.04. The summed E-state index contributed by atoms with van der Waals surface area (Å²) in [4.78, 5) is 4.26. The quantitative estimate of drug-likeness (QED) is 0.858. The molecule has 0 unspecified atom stereocenters. The largest absolute Gasteiger partial charge is 0.493 e. The predicted molar refractivity (Wildman–Crippen MR) is 66.5 cm³/mol. The molecule has 2 N–H and O–H groups in total. The van der Waals surface area contributed by atoms with Gasteiger partial charge in [-0.05, 0) is 24.1 Å². The first kappa shape index (κ1) is 10.7. The first-order chi connectivity index (χ1) is 7.65. The summed E-state index contributed by atoms with van der Waals surface area (Å²) in [6.45, 7) is 4.97. The number of aromatic nitrogens is 1. The molecule has 0 saturated carbocycles. The van der Waals surface area contributed by atoms with E-state index in [1.54, 1.807) is 6.20 Å². The number of hydrogen-bond acceptors (Lipinski definition) is 3. The van der Waals surface area contributed by atoms with Gasteiger partial charge in [0.25, 0.3) is 0 Å². The minimum atomic E-state index is 0.523. The van der Waals surface area contributed by atoms with Crippen LogP contribution >= 0.6 is 0 Å². The molecule has 16 heavy (non-hydrogen) atoms. The van der Waals surface area contributed by atoms with Gasteiger partial charge in [0.15, 0.2) is 0 Å². The molecule has 0 saturated heterocycles. The van der Waals surface area contributed by atoms with Crippen LogP contribution < -0.4 is 10.5 Å². The number of ether oxygens (including phenoxy) is 1. The molecule has 0 radical (unpaired) electrons. The van der Waals surface area contributed by atoms with Crippen LogP contribution in [-0.2, 0) is 0 Å². The molecule has 3 heteroatoms. The van der Waals surface area contributed by atoms with Crippen molar-refractivity contribution in [1.82, 2.24) is 4.98 Å². The highest BCUT2D eigenvalue weighted by molar-refractivity contribution is 5.82. The van der Waals surface area contributed by atoms with Gasteiger partial charge in [-0.1, -0.05) is 13.8 Å². The van der Waals surface area contributed by atoms with Crippen molar-refractivity contribution in [2.24, 2.45) is 5.92 Å². The molecule has 84 valence electrons. The normalized spacial score (nSPS) is 10.9. The Bertz CT molecular complexity index is 494. The highest BCUT2D eigenvalue weighted by Crippen LogP contribution is 2.21. The second-order valence-corrected chi connectivity index (χ2v) is 4.33. The van der Waals surface area contributed by atoms with Gasteiger partial charge in [0.05, 0.1) is 24.0 Å². The van der Waals surface area contributed by atoms with Crippen LogP contribution in [0.15, 0.2) is 30.5 Å². The summed E-state index contributed by atoms with van der Waals surface area (Å²) in [5.74, 6) is 1.38. The molecule has 0 fully saturated rings. The van der Waals surface area contributed by atoms with E-state index in [0.29, 0.717) is 11.6 Å². The monoisotopic (exact) mass is 216 g/mol. The maximum atomic E-state index is 5.67. The topological polar surface area (TPSA) is 48.1 Å². The van der Waals surface area contributed by atoms with E-state index in [2.05, 4.69) is 18.8 Å². The lowest BCUT2D eigenvalue weighted by Gasteiger charge is -2.09. The van der Waals surface area contributed by atoms with E-state index in [-0.39, 0.29) is 0 Å². The van der Waals surface area contributed by atoms with Crippen molar-refractivity contribution in [3.05, 3.63) is 30.5 Å². The summed E-state index contributed by atoms with van der Waals surface area (Å²) < 4.78 is 5.63. The van der Waals surface area contributed by atoms with Gasteiger partial charge in [0.2, 0.25) is 0 Å². The Morgan fingerprint density at radius 1 is 1.31 bits per heavy atom. The average molecular weight is 216 g/mol. The lowest BCUT2D eigenvalue weighted by molar-refractivity contribution is 0.271. The number of hydrogen-bond donors (Lipinski definition) is 1. The fourth-order valence-electron chi connectivity index (χ4n) is 1.47. The van der Waals surface area contributed by atoms with Crippen LogP contribution in [0.1, 0.15) is 13.8 Å². The third-order valence-electron chi connectivity index (χ3n) is 2.26. The van der Waals surface area contributed by atoms with Gasteiger partial charge in [-0.2, -0.15) is 0 Å². The molecule has 1 aromatic carbocycles. The summed E-state index contributed by atoms with van der Waals surface area (Å²) in [5.41, 5.74) is 7.26. The smallest absolute Gasteiger partial charge is 0.121 e. The lowest BCUT2D eigenvalue weighted by atomic mass is 10.2. The molecule has 0 amide bonds. The number of anilines is 1. The van der Waals surface area contributed by atoms with E-state index in [1.807, 2.05) is 24.3 Å². The van der Waals surface area contributed by atoms with Crippen molar-refractivity contribution in [1.29, 1.82) is 0 Å². The van der Waals surface area contributed by atoms with E-state index in [0.717, 1.165) is 23.3 Å². The minimum Gasteiger partial charge on any atom is -0.493 e. The van der Waals surface area contributed by atoms with Crippen molar-refractivity contribution < 1.29 is 4.74 Å². The second-order valence-electron chi connectivity index (χ2n) is 4.33. The summed E-state index contributed by atoms with van der Waals surface area (Å²) in [6.07, 6.45) is 1.66. The fraction of sp³-hybridized carbons (Fsp3) is 0.308. The van der Waals surface area contributed by atoms with Crippen LogP contribution in [0.5, 0.6) is 5.75 Å². The molecule has 2 rings (SSSR count). The SMILES string of the molecule is CC(C)COc1ccc2cc(N)cnc2c1. The molecule has 0 atom stereocenters. The van der Waals surface area contributed by atoms with E-state index in [4.69, 9.17) is 10.5 Å². The lowest BCUT2D eigenvalue weighted by Crippen LogP contribution is -2.04. The Kier molecular flexibility index (Phi) is 2.95. The van der Waals surface area contributed by atoms with E-state index < -0.39 is 0 Å². The third kappa shape index (κ3) is 2.42. The molecule has 3 nitrogen and oxygen atoms in total. The number of pyridine rings is 1.